The number of nitriles is 1. The Kier molecular flexibility index (Phi) is 7.05. The zero-order valence-corrected chi connectivity index (χ0v) is 28.1. The van der Waals surface area contributed by atoms with Crippen LogP contribution in [0.15, 0.2) is 173 Å². The van der Waals surface area contributed by atoms with Gasteiger partial charge in [0.15, 0.2) is 17.5 Å². The maximum Gasteiger partial charge on any atom is 0.164 e. The predicted octanol–water partition coefficient (Wildman–Crippen LogP) is 12.0. The lowest BCUT2D eigenvalue weighted by Gasteiger charge is -2.26. The molecule has 248 valence electrons. The summed E-state index contributed by atoms with van der Waals surface area (Å²) in [5.41, 5.74) is 9.16. The van der Waals surface area contributed by atoms with E-state index in [0.29, 0.717) is 23.0 Å². The third-order valence-electron chi connectivity index (χ3n) is 9.56. The fraction of sp³-hybridized carbons (Fsp3) is 0. The van der Waals surface area contributed by atoms with Crippen LogP contribution in [0.1, 0.15) is 5.56 Å². The molecule has 0 bridgehead atoms. The van der Waals surface area contributed by atoms with Crippen LogP contribution < -0.4 is 4.90 Å². The van der Waals surface area contributed by atoms with E-state index in [-0.39, 0.29) is 0 Å². The molecule has 0 atom stereocenters. The van der Waals surface area contributed by atoms with Gasteiger partial charge in [0.25, 0.3) is 0 Å². The Balaban J connectivity index is 1.16. The Morgan fingerprint density at radius 1 is 0.453 bits per heavy atom. The van der Waals surface area contributed by atoms with Crippen molar-refractivity contribution in [2.75, 3.05) is 4.90 Å². The summed E-state index contributed by atoms with van der Waals surface area (Å²) in [5.74, 6) is 1.60. The lowest BCUT2D eigenvalue weighted by Crippen LogP contribution is -2.10. The predicted molar refractivity (Wildman–Crippen MR) is 210 cm³/mol. The van der Waals surface area contributed by atoms with Crippen LogP contribution in [0, 0.1) is 11.3 Å². The van der Waals surface area contributed by atoms with E-state index in [1.165, 1.54) is 0 Å². The highest BCUT2D eigenvalue weighted by atomic mass is 16.3. The van der Waals surface area contributed by atoms with Gasteiger partial charge in [-0.2, -0.15) is 5.26 Å². The molecule has 0 aliphatic rings. The van der Waals surface area contributed by atoms with E-state index in [1.54, 1.807) is 12.1 Å². The first kappa shape index (κ1) is 30.3. The lowest BCUT2D eigenvalue weighted by atomic mass is 10.0. The number of fused-ring (bicyclic) bond motifs is 6. The first-order valence-electron chi connectivity index (χ1n) is 17.2. The number of benzene rings is 7. The molecule has 0 saturated heterocycles. The Morgan fingerprint density at radius 2 is 1.06 bits per heavy atom. The highest BCUT2D eigenvalue weighted by Crippen LogP contribution is 2.45. The van der Waals surface area contributed by atoms with Crippen LogP contribution in [-0.2, 0) is 0 Å². The van der Waals surface area contributed by atoms with Gasteiger partial charge in [-0.15, -0.1) is 0 Å². The molecule has 0 N–H and O–H groups in total. The molecule has 3 aromatic heterocycles. The minimum atomic E-state index is 0.518. The van der Waals surface area contributed by atoms with Gasteiger partial charge in [-0.25, -0.2) is 15.0 Å². The highest BCUT2D eigenvalue weighted by molar-refractivity contribution is 6.15. The third-order valence-corrected chi connectivity index (χ3v) is 9.56. The highest BCUT2D eigenvalue weighted by Gasteiger charge is 2.22. The van der Waals surface area contributed by atoms with Gasteiger partial charge in [0.2, 0.25) is 0 Å². The average Bonchev–Trinajstić information content (AvgIpc) is 3.80. The van der Waals surface area contributed by atoms with Gasteiger partial charge >= 0.3 is 0 Å². The molecule has 0 unspecified atom stereocenters. The zero-order valence-electron chi connectivity index (χ0n) is 28.1. The van der Waals surface area contributed by atoms with Crippen LogP contribution in [0.3, 0.4) is 0 Å². The van der Waals surface area contributed by atoms with Gasteiger partial charge in [0.05, 0.1) is 22.7 Å². The van der Waals surface area contributed by atoms with Gasteiger partial charge in [-0.1, -0.05) is 84.9 Å². The molecule has 53 heavy (non-hydrogen) atoms. The van der Waals surface area contributed by atoms with Gasteiger partial charge < -0.3 is 13.7 Å². The summed E-state index contributed by atoms with van der Waals surface area (Å²) in [6.07, 6.45) is 0. The fourth-order valence-corrected chi connectivity index (χ4v) is 7.12. The second-order valence-corrected chi connectivity index (χ2v) is 12.7. The molecule has 0 aliphatic carbocycles. The minimum absolute atomic E-state index is 0.518. The largest absolute Gasteiger partial charge is 0.456 e. The van der Waals surface area contributed by atoms with E-state index < -0.39 is 0 Å². The quantitative estimate of drug-likeness (QED) is 0.172. The first-order valence-corrected chi connectivity index (χ1v) is 17.2. The summed E-state index contributed by atoms with van der Waals surface area (Å²) in [5, 5.41) is 13.3. The maximum absolute atomic E-state index is 9.38. The van der Waals surface area contributed by atoms with Crippen molar-refractivity contribution in [3.8, 4) is 40.2 Å². The fourth-order valence-electron chi connectivity index (χ4n) is 7.12. The van der Waals surface area contributed by atoms with Crippen LogP contribution in [0.5, 0.6) is 0 Å². The second kappa shape index (κ2) is 12.3. The molecule has 0 aliphatic heterocycles. The van der Waals surface area contributed by atoms with E-state index in [9.17, 15) is 5.26 Å². The van der Waals surface area contributed by atoms with Crippen LogP contribution >= 0.6 is 0 Å². The Morgan fingerprint density at radius 3 is 1.83 bits per heavy atom. The van der Waals surface area contributed by atoms with Gasteiger partial charge in [-0.05, 0) is 72.8 Å². The lowest BCUT2D eigenvalue weighted by molar-refractivity contribution is 0.669. The molecule has 0 saturated carbocycles. The van der Waals surface area contributed by atoms with E-state index >= 15 is 0 Å². The Bertz CT molecular complexity index is 3020. The van der Waals surface area contributed by atoms with E-state index in [1.807, 2.05) is 109 Å². The van der Waals surface area contributed by atoms with Crippen LogP contribution in [0.25, 0.3) is 78.0 Å². The van der Waals surface area contributed by atoms with Crippen LogP contribution in [0.4, 0.5) is 17.1 Å². The molecular formula is C46H27N5O2. The molecule has 7 aromatic carbocycles. The second-order valence-electron chi connectivity index (χ2n) is 12.7. The van der Waals surface area contributed by atoms with E-state index in [2.05, 4.69) is 53.4 Å². The molecule has 10 rings (SSSR count). The molecule has 0 amide bonds. The Hall–Kier alpha value is -7.56. The summed E-state index contributed by atoms with van der Waals surface area (Å²) < 4.78 is 12.9. The maximum atomic E-state index is 9.38. The van der Waals surface area contributed by atoms with Crippen LogP contribution in [0.2, 0.25) is 0 Å². The SMILES string of the molecule is N#Cc1ccc(-c2nc(-c3ccccc3)nc(-c3cccc4oc5cc(N(c6ccccc6)c6cccc7oc8ccccc8c67)ccc5c34)n2)cc1. The van der Waals surface area contributed by atoms with Crippen molar-refractivity contribution in [1.29, 1.82) is 5.26 Å². The minimum Gasteiger partial charge on any atom is -0.456 e. The molecule has 7 heteroatoms. The van der Waals surface area contributed by atoms with Crippen molar-refractivity contribution in [3.63, 3.8) is 0 Å². The number of rotatable bonds is 6. The first-order chi connectivity index (χ1) is 26.2. The van der Waals surface area contributed by atoms with Crippen molar-refractivity contribution in [2.24, 2.45) is 0 Å². The number of furan rings is 2. The summed E-state index contributed by atoms with van der Waals surface area (Å²) in [6.45, 7) is 0. The third kappa shape index (κ3) is 5.17. The van der Waals surface area contributed by atoms with Crippen molar-refractivity contribution in [2.45, 2.75) is 0 Å². The number of hydrogen-bond donors (Lipinski definition) is 0. The Labute approximate surface area is 303 Å². The number of hydrogen-bond acceptors (Lipinski definition) is 7. The molecule has 0 radical (unpaired) electrons. The standard InChI is InChI=1S/C46H27N5O2/c47-28-29-21-23-31(24-22-29)45-48-44(30-11-3-1-4-12-30)49-46(50-45)36-16-9-19-39-42(36)35-26-25-33(27-41(35)53-39)51(32-13-5-2-6-14-32)37-17-10-20-40-43(37)34-15-7-8-18-38(34)52-40/h1-27H. The number of para-hydroxylation sites is 2. The van der Waals surface area contributed by atoms with Crippen LogP contribution in [-0.4, -0.2) is 15.0 Å². The summed E-state index contributed by atoms with van der Waals surface area (Å²) in [6, 6.07) is 56.3. The molecule has 10 aromatic rings. The van der Waals surface area contributed by atoms with Crippen molar-refractivity contribution < 1.29 is 8.83 Å². The number of aromatic nitrogens is 3. The summed E-state index contributed by atoms with van der Waals surface area (Å²) >= 11 is 0. The van der Waals surface area contributed by atoms with Gasteiger partial charge in [-0.3, -0.25) is 0 Å². The molecule has 0 spiro atoms. The summed E-state index contributed by atoms with van der Waals surface area (Å²) in [4.78, 5) is 17.1. The number of anilines is 3. The van der Waals surface area contributed by atoms with Crippen molar-refractivity contribution >= 4 is 60.9 Å². The summed E-state index contributed by atoms with van der Waals surface area (Å²) in [7, 11) is 0. The van der Waals surface area contributed by atoms with E-state index in [4.69, 9.17) is 23.8 Å². The van der Waals surface area contributed by atoms with E-state index in [0.717, 1.165) is 77.6 Å². The topological polar surface area (TPSA) is 92.0 Å². The van der Waals surface area contributed by atoms with Gasteiger partial charge in [0, 0.05) is 50.3 Å². The zero-order chi connectivity index (χ0) is 35.3. The van der Waals surface area contributed by atoms with Gasteiger partial charge in [0.1, 0.15) is 22.3 Å². The normalized spacial score (nSPS) is 11.4. The molecule has 7 nitrogen and oxygen atoms in total. The van der Waals surface area contributed by atoms with Crippen molar-refractivity contribution in [1.82, 2.24) is 15.0 Å². The number of nitrogens with zero attached hydrogens (tertiary/aromatic N) is 5. The molecular weight excluding hydrogens is 655 g/mol. The average molecular weight is 682 g/mol. The molecule has 0 fully saturated rings. The van der Waals surface area contributed by atoms with Crippen molar-refractivity contribution in [3.05, 3.63) is 169 Å². The smallest absolute Gasteiger partial charge is 0.164 e. The molecule has 3 heterocycles. The monoisotopic (exact) mass is 681 g/mol.